The average Bonchev–Trinajstić information content (AvgIpc) is 2.38. The van der Waals surface area contributed by atoms with Crippen LogP contribution in [-0.4, -0.2) is 0 Å². The van der Waals surface area contributed by atoms with Crippen LogP contribution >= 0.6 is 27.5 Å². The maximum Gasteiger partial charge on any atom is 0.129 e. The Kier molecular flexibility index (Phi) is 4.64. The van der Waals surface area contributed by atoms with Crippen LogP contribution in [0.2, 0.25) is 5.02 Å². The van der Waals surface area contributed by atoms with E-state index in [1.165, 1.54) is 6.07 Å². The van der Waals surface area contributed by atoms with Gasteiger partial charge < -0.3 is 5.32 Å². The summed E-state index contributed by atoms with van der Waals surface area (Å²) >= 11 is 9.20. The first-order valence-corrected chi connectivity index (χ1v) is 7.09. The van der Waals surface area contributed by atoms with Crippen LogP contribution in [0.3, 0.4) is 0 Å². The van der Waals surface area contributed by atoms with E-state index >= 15 is 0 Å². The molecule has 0 aliphatic heterocycles. The predicted molar refractivity (Wildman–Crippen MR) is 82.3 cm³/mol. The van der Waals surface area contributed by atoms with Crippen molar-refractivity contribution in [3.05, 3.63) is 62.8 Å². The highest BCUT2D eigenvalue weighted by Crippen LogP contribution is 2.26. The van der Waals surface area contributed by atoms with Crippen molar-refractivity contribution in [2.75, 3.05) is 5.32 Å². The van der Waals surface area contributed by atoms with Gasteiger partial charge in [0.05, 0.1) is 16.6 Å². The smallest absolute Gasteiger partial charge is 0.129 e. The van der Waals surface area contributed by atoms with Crippen LogP contribution in [0.1, 0.15) is 24.1 Å². The van der Waals surface area contributed by atoms with Crippen molar-refractivity contribution >= 4 is 33.2 Å². The number of hydrogen-bond acceptors (Lipinski definition) is 2. The summed E-state index contributed by atoms with van der Waals surface area (Å²) < 4.78 is 14.6. The minimum atomic E-state index is -0.279. The Balaban J connectivity index is 2.21. The molecule has 0 aromatic heterocycles. The average molecular weight is 354 g/mol. The SMILES string of the molecule is CC(Nc1ccc(C#N)c(Cl)c1)c1ccc(Br)cc1F. The summed E-state index contributed by atoms with van der Waals surface area (Å²) in [6, 6.07) is 11.8. The quantitative estimate of drug-likeness (QED) is 0.814. The van der Waals surface area contributed by atoms with Crippen molar-refractivity contribution in [1.82, 2.24) is 0 Å². The summed E-state index contributed by atoms with van der Waals surface area (Å²) in [4.78, 5) is 0. The number of rotatable bonds is 3. The third-order valence-electron chi connectivity index (χ3n) is 2.90. The summed E-state index contributed by atoms with van der Waals surface area (Å²) in [6.45, 7) is 1.86. The Labute approximate surface area is 130 Å². The van der Waals surface area contributed by atoms with Crippen molar-refractivity contribution in [3.63, 3.8) is 0 Å². The molecule has 102 valence electrons. The molecule has 0 spiro atoms. The van der Waals surface area contributed by atoms with Gasteiger partial charge in [0.1, 0.15) is 11.9 Å². The fourth-order valence-corrected chi connectivity index (χ4v) is 2.43. The standard InChI is InChI=1S/C15H11BrClFN2/c1-9(13-5-3-11(16)6-15(13)18)20-12-4-2-10(8-19)14(17)7-12/h2-7,9,20H,1H3. The number of hydrogen-bond donors (Lipinski definition) is 1. The molecule has 1 N–H and O–H groups in total. The molecule has 1 atom stereocenters. The van der Waals surface area contributed by atoms with Gasteiger partial charge in [-0.15, -0.1) is 0 Å². The maximum atomic E-state index is 13.9. The zero-order valence-corrected chi connectivity index (χ0v) is 13.0. The highest BCUT2D eigenvalue weighted by molar-refractivity contribution is 9.10. The summed E-state index contributed by atoms with van der Waals surface area (Å²) in [5.74, 6) is -0.279. The molecule has 0 radical (unpaired) electrons. The van der Waals surface area contributed by atoms with Gasteiger partial charge in [-0.25, -0.2) is 4.39 Å². The largest absolute Gasteiger partial charge is 0.378 e. The predicted octanol–water partition coefficient (Wildman–Crippen LogP) is 5.29. The van der Waals surface area contributed by atoms with Gasteiger partial charge in [-0.2, -0.15) is 5.26 Å². The van der Waals surface area contributed by atoms with Gasteiger partial charge in [0.2, 0.25) is 0 Å². The van der Waals surface area contributed by atoms with Crippen LogP contribution in [-0.2, 0) is 0 Å². The molecule has 0 aliphatic rings. The van der Waals surface area contributed by atoms with Crippen LogP contribution in [0.5, 0.6) is 0 Å². The molecule has 5 heteroatoms. The van der Waals surface area contributed by atoms with Gasteiger partial charge in [-0.05, 0) is 37.3 Å². The van der Waals surface area contributed by atoms with E-state index < -0.39 is 0 Å². The molecule has 0 heterocycles. The molecule has 2 nitrogen and oxygen atoms in total. The van der Waals surface area contributed by atoms with E-state index in [2.05, 4.69) is 21.2 Å². The molecule has 0 bridgehead atoms. The fraction of sp³-hybridized carbons (Fsp3) is 0.133. The Morgan fingerprint density at radius 2 is 2.05 bits per heavy atom. The van der Waals surface area contributed by atoms with Gasteiger partial charge >= 0.3 is 0 Å². The van der Waals surface area contributed by atoms with Gasteiger partial charge in [-0.3, -0.25) is 0 Å². The fourth-order valence-electron chi connectivity index (χ4n) is 1.88. The first-order valence-electron chi connectivity index (χ1n) is 5.92. The summed E-state index contributed by atoms with van der Waals surface area (Å²) in [5.41, 5.74) is 1.72. The summed E-state index contributed by atoms with van der Waals surface area (Å²) in [7, 11) is 0. The molecule has 0 amide bonds. The van der Waals surface area contributed by atoms with Crippen molar-refractivity contribution in [1.29, 1.82) is 5.26 Å². The number of benzene rings is 2. The Bertz CT molecular complexity index is 682. The second-order valence-electron chi connectivity index (χ2n) is 4.34. The minimum absolute atomic E-state index is 0.216. The first-order chi connectivity index (χ1) is 9.51. The molecule has 2 rings (SSSR count). The van der Waals surface area contributed by atoms with Crippen LogP contribution < -0.4 is 5.32 Å². The second kappa shape index (κ2) is 6.25. The van der Waals surface area contributed by atoms with Crippen LogP contribution in [0.15, 0.2) is 40.9 Å². The maximum absolute atomic E-state index is 13.9. The topological polar surface area (TPSA) is 35.8 Å². The molecule has 0 aliphatic carbocycles. The highest BCUT2D eigenvalue weighted by atomic mass is 79.9. The van der Waals surface area contributed by atoms with E-state index in [0.717, 1.165) is 5.69 Å². The van der Waals surface area contributed by atoms with E-state index in [4.69, 9.17) is 16.9 Å². The molecule has 0 saturated carbocycles. The zero-order valence-electron chi connectivity index (χ0n) is 10.6. The van der Waals surface area contributed by atoms with Gasteiger partial charge in [0.25, 0.3) is 0 Å². The van der Waals surface area contributed by atoms with Gasteiger partial charge in [0, 0.05) is 15.7 Å². The lowest BCUT2D eigenvalue weighted by Crippen LogP contribution is -2.08. The molecular formula is C15H11BrClFN2. The van der Waals surface area contributed by atoms with Crippen LogP contribution in [0.25, 0.3) is 0 Å². The van der Waals surface area contributed by atoms with Gasteiger partial charge in [-0.1, -0.05) is 33.6 Å². The lowest BCUT2D eigenvalue weighted by atomic mass is 10.1. The molecule has 0 saturated heterocycles. The molecule has 2 aromatic carbocycles. The molecule has 1 unspecified atom stereocenters. The van der Waals surface area contributed by atoms with Gasteiger partial charge in [0.15, 0.2) is 0 Å². The Hall–Kier alpha value is -1.57. The lowest BCUT2D eigenvalue weighted by Gasteiger charge is -2.17. The zero-order chi connectivity index (χ0) is 14.7. The second-order valence-corrected chi connectivity index (χ2v) is 5.66. The number of anilines is 1. The third-order valence-corrected chi connectivity index (χ3v) is 3.71. The van der Waals surface area contributed by atoms with E-state index in [0.29, 0.717) is 20.6 Å². The van der Waals surface area contributed by atoms with Crippen LogP contribution in [0, 0.1) is 17.1 Å². The normalized spacial score (nSPS) is 11.8. The Morgan fingerprint density at radius 1 is 1.30 bits per heavy atom. The molecular weight excluding hydrogens is 343 g/mol. The van der Waals surface area contributed by atoms with E-state index in [1.54, 1.807) is 30.3 Å². The van der Waals surface area contributed by atoms with E-state index in [-0.39, 0.29) is 11.9 Å². The summed E-state index contributed by atoms with van der Waals surface area (Å²) in [5, 5.41) is 12.4. The minimum Gasteiger partial charge on any atom is -0.378 e. The Morgan fingerprint density at radius 3 is 2.65 bits per heavy atom. The molecule has 2 aromatic rings. The number of nitriles is 1. The van der Waals surface area contributed by atoms with Crippen molar-refractivity contribution in [3.8, 4) is 6.07 Å². The van der Waals surface area contributed by atoms with Crippen LogP contribution in [0.4, 0.5) is 10.1 Å². The monoisotopic (exact) mass is 352 g/mol. The molecule has 20 heavy (non-hydrogen) atoms. The van der Waals surface area contributed by atoms with Crippen molar-refractivity contribution < 1.29 is 4.39 Å². The third kappa shape index (κ3) is 3.30. The molecule has 0 fully saturated rings. The summed E-state index contributed by atoms with van der Waals surface area (Å²) in [6.07, 6.45) is 0. The number of nitrogens with zero attached hydrogens (tertiary/aromatic N) is 1. The number of nitrogens with one attached hydrogen (secondary N) is 1. The number of halogens is 3. The lowest BCUT2D eigenvalue weighted by molar-refractivity contribution is 0.599. The van der Waals surface area contributed by atoms with E-state index in [9.17, 15) is 4.39 Å². The highest BCUT2D eigenvalue weighted by Gasteiger charge is 2.11. The van der Waals surface area contributed by atoms with E-state index in [1.807, 2.05) is 13.0 Å². The van der Waals surface area contributed by atoms with Crippen molar-refractivity contribution in [2.45, 2.75) is 13.0 Å². The van der Waals surface area contributed by atoms with Crippen molar-refractivity contribution in [2.24, 2.45) is 0 Å². The first kappa shape index (κ1) is 14.8.